The van der Waals surface area contributed by atoms with Crippen LogP contribution in [0.1, 0.15) is 30.0 Å². The molecular formula is C23H24N2O3S. The van der Waals surface area contributed by atoms with Gasteiger partial charge in [0.15, 0.2) is 0 Å². The number of fused-ring (bicyclic) bond motifs is 2. The highest BCUT2D eigenvalue weighted by Crippen LogP contribution is 2.29. The number of likely N-dealkylation sites (N-methyl/N-ethyl adjacent to an activating group) is 1. The molecule has 0 spiro atoms. The number of hydrogen-bond donors (Lipinski definition) is 1. The predicted molar refractivity (Wildman–Crippen MR) is 114 cm³/mol. The van der Waals surface area contributed by atoms with E-state index in [1.54, 1.807) is 18.2 Å². The van der Waals surface area contributed by atoms with Crippen LogP contribution in [-0.2, 0) is 21.2 Å². The predicted octanol–water partition coefficient (Wildman–Crippen LogP) is 3.65. The van der Waals surface area contributed by atoms with Crippen molar-refractivity contribution >= 4 is 26.7 Å². The lowest BCUT2D eigenvalue weighted by Crippen LogP contribution is -2.40. The van der Waals surface area contributed by atoms with Crippen molar-refractivity contribution in [3.63, 3.8) is 0 Å². The van der Waals surface area contributed by atoms with E-state index in [4.69, 9.17) is 0 Å². The fourth-order valence-electron chi connectivity index (χ4n) is 3.94. The van der Waals surface area contributed by atoms with Gasteiger partial charge in [0.1, 0.15) is 0 Å². The van der Waals surface area contributed by atoms with Gasteiger partial charge in [-0.15, -0.1) is 0 Å². The summed E-state index contributed by atoms with van der Waals surface area (Å²) in [6.07, 6.45) is 2.88. The molecule has 3 aromatic carbocycles. The first kappa shape index (κ1) is 19.6. The number of hydrogen-bond acceptors (Lipinski definition) is 3. The van der Waals surface area contributed by atoms with Crippen molar-refractivity contribution in [3.8, 4) is 0 Å². The average molecular weight is 409 g/mol. The molecule has 1 amide bonds. The lowest BCUT2D eigenvalue weighted by atomic mass is 9.88. The molecule has 0 bridgehead atoms. The van der Waals surface area contributed by atoms with Gasteiger partial charge in [-0.3, -0.25) is 4.79 Å². The van der Waals surface area contributed by atoms with Gasteiger partial charge in [-0.25, -0.2) is 8.42 Å². The van der Waals surface area contributed by atoms with E-state index in [0.29, 0.717) is 0 Å². The number of amides is 1. The molecule has 5 nitrogen and oxygen atoms in total. The summed E-state index contributed by atoms with van der Waals surface area (Å²) in [7, 11) is -2.31. The summed E-state index contributed by atoms with van der Waals surface area (Å²) < 4.78 is 27.0. The second-order valence-corrected chi connectivity index (χ2v) is 9.53. The Hall–Kier alpha value is -2.70. The van der Waals surface area contributed by atoms with Crippen molar-refractivity contribution in [2.24, 2.45) is 0 Å². The van der Waals surface area contributed by atoms with Crippen molar-refractivity contribution in [2.45, 2.75) is 30.2 Å². The van der Waals surface area contributed by atoms with E-state index < -0.39 is 10.0 Å². The van der Waals surface area contributed by atoms with Crippen molar-refractivity contribution in [1.29, 1.82) is 0 Å². The number of sulfonamides is 1. The van der Waals surface area contributed by atoms with Crippen molar-refractivity contribution in [3.05, 3.63) is 77.9 Å². The summed E-state index contributed by atoms with van der Waals surface area (Å²) in [5.74, 6) is -0.293. The van der Waals surface area contributed by atoms with Gasteiger partial charge in [0.2, 0.25) is 15.9 Å². The highest BCUT2D eigenvalue weighted by Gasteiger charge is 2.26. The lowest BCUT2D eigenvalue weighted by molar-refractivity contribution is -0.122. The maximum absolute atomic E-state index is 12.9. The number of rotatable bonds is 5. The average Bonchev–Trinajstić information content (AvgIpc) is 2.73. The van der Waals surface area contributed by atoms with E-state index in [2.05, 4.69) is 11.4 Å². The van der Waals surface area contributed by atoms with Crippen LogP contribution in [0, 0.1) is 0 Å². The summed E-state index contributed by atoms with van der Waals surface area (Å²) in [4.78, 5) is 12.8. The first-order chi connectivity index (χ1) is 13.9. The number of nitrogens with zero attached hydrogens (tertiary/aromatic N) is 1. The molecule has 0 radical (unpaired) electrons. The molecule has 0 heterocycles. The second kappa shape index (κ2) is 7.97. The maximum Gasteiger partial charge on any atom is 0.243 e. The Morgan fingerprint density at radius 3 is 2.59 bits per heavy atom. The summed E-state index contributed by atoms with van der Waals surface area (Å²) in [6, 6.07) is 20.7. The van der Waals surface area contributed by atoms with Crippen LogP contribution in [0.4, 0.5) is 0 Å². The fourth-order valence-corrected chi connectivity index (χ4v) is 5.10. The highest BCUT2D eigenvalue weighted by molar-refractivity contribution is 7.89. The molecule has 4 rings (SSSR count). The molecule has 3 aromatic rings. The van der Waals surface area contributed by atoms with Crippen LogP contribution < -0.4 is 5.32 Å². The first-order valence-corrected chi connectivity index (χ1v) is 11.2. The molecule has 1 atom stereocenters. The number of aryl methyl sites for hydroxylation is 1. The zero-order valence-electron chi connectivity index (χ0n) is 16.3. The zero-order valence-corrected chi connectivity index (χ0v) is 17.2. The van der Waals surface area contributed by atoms with Crippen LogP contribution in [0.2, 0.25) is 0 Å². The topological polar surface area (TPSA) is 66.5 Å². The third-order valence-electron chi connectivity index (χ3n) is 5.50. The molecule has 29 heavy (non-hydrogen) atoms. The van der Waals surface area contributed by atoms with Crippen LogP contribution in [0.3, 0.4) is 0 Å². The van der Waals surface area contributed by atoms with Gasteiger partial charge in [0.05, 0.1) is 17.5 Å². The molecule has 1 aliphatic rings. The number of nitrogens with one attached hydrogen (secondary N) is 1. The smallest absolute Gasteiger partial charge is 0.243 e. The summed E-state index contributed by atoms with van der Waals surface area (Å²) >= 11 is 0. The molecule has 150 valence electrons. The van der Waals surface area contributed by atoms with Crippen LogP contribution in [0.15, 0.2) is 71.6 Å². The Labute approximate surface area is 171 Å². The van der Waals surface area contributed by atoms with Crippen molar-refractivity contribution in [1.82, 2.24) is 9.62 Å². The standard InChI is InChI=1S/C23H24N2O3S/c1-25(29(27,28)20-14-13-17-7-2-3-9-19(17)15-20)16-23(26)24-22-12-6-10-18-8-4-5-11-21(18)22/h2-5,7-9,11,13-15,22H,6,10,12,16H2,1H3,(H,24,26)/t22-/m0/s1. The van der Waals surface area contributed by atoms with Crippen LogP contribution in [0.25, 0.3) is 10.8 Å². The molecule has 0 aromatic heterocycles. The van der Waals surface area contributed by atoms with Crippen LogP contribution >= 0.6 is 0 Å². The number of benzene rings is 3. The second-order valence-electron chi connectivity index (χ2n) is 7.48. The third-order valence-corrected chi connectivity index (χ3v) is 7.30. The van der Waals surface area contributed by atoms with Gasteiger partial charge in [0.25, 0.3) is 0 Å². The molecule has 0 fully saturated rings. The summed E-state index contributed by atoms with van der Waals surface area (Å²) in [6.45, 7) is -0.214. The highest BCUT2D eigenvalue weighted by atomic mass is 32.2. The lowest BCUT2D eigenvalue weighted by Gasteiger charge is -2.27. The van der Waals surface area contributed by atoms with E-state index in [1.807, 2.05) is 42.5 Å². The van der Waals surface area contributed by atoms with Gasteiger partial charge in [-0.1, -0.05) is 54.6 Å². The van der Waals surface area contributed by atoms with Gasteiger partial charge >= 0.3 is 0 Å². The molecule has 1 aliphatic carbocycles. The largest absolute Gasteiger partial charge is 0.348 e. The minimum Gasteiger partial charge on any atom is -0.348 e. The molecule has 0 saturated carbocycles. The van der Waals surface area contributed by atoms with Gasteiger partial charge in [-0.05, 0) is 53.3 Å². The van der Waals surface area contributed by atoms with Gasteiger partial charge in [0, 0.05) is 7.05 Å². The Morgan fingerprint density at radius 1 is 1.03 bits per heavy atom. The Morgan fingerprint density at radius 2 is 1.76 bits per heavy atom. The third kappa shape index (κ3) is 4.04. The van der Waals surface area contributed by atoms with E-state index in [9.17, 15) is 13.2 Å². The molecule has 1 N–H and O–H groups in total. The van der Waals surface area contributed by atoms with Crippen molar-refractivity contribution in [2.75, 3.05) is 13.6 Å². The van der Waals surface area contributed by atoms with Crippen LogP contribution in [0.5, 0.6) is 0 Å². The van der Waals surface area contributed by atoms with E-state index >= 15 is 0 Å². The van der Waals surface area contributed by atoms with E-state index in [-0.39, 0.29) is 23.4 Å². The van der Waals surface area contributed by atoms with E-state index in [1.165, 1.54) is 12.6 Å². The maximum atomic E-state index is 12.9. The minimum atomic E-state index is -3.75. The van der Waals surface area contributed by atoms with Crippen molar-refractivity contribution < 1.29 is 13.2 Å². The normalized spacial score (nSPS) is 16.6. The SMILES string of the molecule is CN(CC(=O)N[C@H]1CCCc2ccccc21)S(=O)(=O)c1ccc2ccccc2c1. The quantitative estimate of drug-likeness (QED) is 0.701. The number of carbonyl (C=O) groups excluding carboxylic acids is 1. The Balaban J connectivity index is 1.48. The fraction of sp³-hybridized carbons (Fsp3) is 0.261. The summed E-state index contributed by atoms with van der Waals surface area (Å²) in [5, 5.41) is 4.84. The Bertz CT molecular complexity index is 1160. The minimum absolute atomic E-state index is 0.0655. The van der Waals surface area contributed by atoms with Gasteiger partial charge in [-0.2, -0.15) is 4.31 Å². The van der Waals surface area contributed by atoms with E-state index in [0.717, 1.165) is 39.9 Å². The Kier molecular flexibility index (Phi) is 5.39. The monoisotopic (exact) mass is 408 g/mol. The zero-order chi connectivity index (χ0) is 20.4. The number of carbonyl (C=O) groups is 1. The molecule has 0 saturated heterocycles. The summed E-state index contributed by atoms with van der Waals surface area (Å²) in [5.41, 5.74) is 2.38. The molecular weight excluding hydrogens is 384 g/mol. The van der Waals surface area contributed by atoms with Gasteiger partial charge < -0.3 is 5.32 Å². The molecule has 0 unspecified atom stereocenters. The van der Waals surface area contributed by atoms with Crippen LogP contribution in [-0.4, -0.2) is 32.2 Å². The first-order valence-electron chi connectivity index (χ1n) is 9.77. The molecule has 6 heteroatoms. The molecule has 0 aliphatic heterocycles.